The van der Waals surface area contributed by atoms with Gasteiger partial charge < -0.3 is 89.9 Å². The van der Waals surface area contributed by atoms with E-state index in [1.54, 1.807) is 6.08 Å². The van der Waals surface area contributed by atoms with Crippen LogP contribution in [0.2, 0.25) is 0 Å². The van der Waals surface area contributed by atoms with Gasteiger partial charge in [-0.25, -0.2) is 0 Å². The lowest BCUT2D eigenvalue weighted by Gasteiger charge is -2.48. The fourth-order valence-corrected chi connectivity index (χ4v) is 12.7. The fraction of sp³-hybridized carbons (Fsp3) is 0.957. The number of aliphatic hydroxyl groups is 11. The van der Waals surface area contributed by atoms with Crippen molar-refractivity contribution >= 4 is 5.91 Å². The molecule has 0 saturated carbocycles. The minimum atomic E-state index is -1.98. The number of nitrogens with one attached hydrogen (secondary N) is 1. The molecule has 17 atom stereocenters. The largest absolute Gasteiger partial charge is 0.394 e. The molecule has 19 heteroatoms. The van der Waals surface area contributed by atoms with Gasteiger partial charge in [-0.3, -0.25) is 4.79 Å². The van der Waals surface area contributed by atoms with Crippen LogP contribution in [0.1, 0.15) is 296 Å². The molecule has 3 heterocycles. The molecule has 0 aliphatic carbocycles. The first kappa shape index (κ1) is 81.8. The second kappa shape index (κ2) is 52.8. The average molecular weight is 1280 g/mol. The minimum Gasteiger partial charge on any atom is -0.394 e. The quantitative estimate of drug-likeness (QED) is 0.0199. The number of rotatable bonds is 57. The Morgan fingerprint density at radius 1 is 0.393 bits per heavy atom. The second-order valence-corrected chi connectivity index (χ2v) is 26.4. The van der Waals surface area contributed by atoms with E-state index >= 15 is 0 Å². The maximum Gasteiger partial charge on any atom is 0.220 e. The van der Waals surface area contributed by atoms with Crippen molar-refractivity contribution in [2.75, 3.05) is 26.4 Å². The van der Waals surface area contributed by atoms with Crippen molar-refractivity contribution in [3.63, 3.8) is 0 Å². The molecule has 0 aromatic carbocycles. The number of carbonyl (C=O) groups excluding carboxylic acids is 1. The summed E-state index contributed by atoms with van der Waals surface area (Å²) in [6.07, 6.45) is 31.9. The van der Waals surface area contributed by atoms with Gasteiger partial charge in [0.15, 0.2) is 18.9 Å². The highest BCUT2D eigenvalue weighted by Crippen LogP contribution is 2.33. The van der Waals surface area contributed by atoms with Gasteiger partial charge in [-0.05, 0) is 19.3 Å². The van der Waals surface area contributed by atoms with Gasteiger partial charge in [-0.2, -0.15) is 0 Å². The SMILES string of the molecule is CCCCCCCCCCCCCCCCCCCCCCCCCCC/C=C/C(O)C(COC1OC(CO)C(OC2OC(CO)C(OC3OC(CO)C(O)C(O)C3O)C(O)C2O)C(O)C1O)NC(=O)CCCCCCCCCCCCCCCCCCC. The van der Waals surface area contributed by atoms with Crippen LogP contribution in [0.25, 0.3) is 0 Å². The summed E-state index contributed by atoms with van der Waals surface area (Å²) >= 11 is 0. The lowest BCUT2D eigenvalue weighted by molar-refractivity contribution is -0.379. The van der Waals surface area contributed by atoms with Gasteiger partial charge in [-0.15, -0.1) is 0 Å². The highest BCUT2D eigenvalue weighted by Gasteiger charge is 2.53. The maximum atomic E-state index is 13.4. The van der Waals surface area contributed by atoms with Crippen LogP contribution in [-0.2, 0) is 33.2 Å². The van der Waals surface area contributed by atoms with E-state index in [0.29, 0.717) is 6.42 Å². The van der Waals surface area contributed by atoms with Crippen LogP contribution in [-0.4, -0.2) is 193 Å². The zero-order valence-electron chi connectivity index (χ0n) is 55.7. The third kappa shape index (κ3) is 34.7. The van der Waals surface area contributed by atoms with Crippen LogP contribution in [0, 0.1) is 0 Å². The fourth-order valence-electron chi connectivity index (χ4n) is 12.7. The number of allylic oxidation sites excluding steroid dienone is 1. The van der Waals surface area contributed by atoms with Gasteiger partial charge in [0.05, 0.1) is 38.6 Å². The van der Waals surface area contributed by atoms with Crippen LogP contribution in [0.3, 0.4) is 0 Å². The van der Waals surface area contributed by atoms with E-state index < -0.39 is 124 Å². The van der Waals surface area contributed by atoms with E-state index in [0.717, 1.165) is 44.9 Å². The molecule has 3 aliphatic rings. The third-order valence-electron chi connectivity index (χ3n) is 18.6. The first-order valence-electron chi connectivity index (χ1n) is 36.4. The van der Waals surface area contributed by atoms with Crippen molar-refractivity contribution in [2.24, 2.45) is 0 Å². The number of unbranched alkanes of at least 4 members (excludes halogenated alkanes) is 41. The Bertz CT molecular complexity index is 1670. The number of aliphatic hydroxyl groups excluding tert-OH is 11. The molecular weight excluding hydrogens is 1140 g/mol. The van der Waals surface area contributed by atoms with Crippen molar-refractivity contribution in [1.29, 1.82) is 0 Å². The summed E-state index contributed by atoms with van der Waals surface area (Å²) in [6, 6.07) is -0.969. The van der Waals surface area contributed by atoms with E-state index in [1.165, 1.54) is 225 Å². The predicted octanol–water partition coefficient (Wildman–Crippen LogP) is 10.1. The first-order chi connectivity index (χ1) is 43.3. The Balaban J connectivity index is 1.41. The molecular formula is C70H133NO18. The lowest BCUT2D eigenvalue weighted by Crippen LogP contribution is -2.66. The van der Waals surface area contributed by atoms with Crippen LogP contribution < -0.4 is 5.32 Å². The van der Waals surface area contributed by atoms with Crippen LogP contribution in [0.5, 0.6) is 0 Å². The third-order valence-corrected chi connectivity index (χ3v) is 18.6. The molecule has 12 N–H and O–H groups in total. The van der Waals surface area contributed by atoms with E-state index in [-0.39, 0.29) is 18.9 Å². The number of carbonyl (C=O) groups is 1. The van der Waals surface area contributed by atoms with Crippen molar-refractivity contribution in [3.05, 3.63) is 12.2 Å². The molecule has 3 rings (SSSR count). The van der Waals surface area contributed by atoms with Gasteiger partial charge in [0, 0.05) is 6.42 Å². The van der Waals surface area contributed by atoms with E-state index in [1.807, 2.05) is 6.08 Å². The molecule has 89 heavy (non-hydrogen) atoms. The summed E-state index contributed by atoms with van der Waals surface area (Å²) in [5.74, 6) is -0.269. The first-order valence-corrected chi connectivity index (χ1v) is 36.4. The zero-order valence-corrected chi connectivity index (χ0v) is 55.7. The second-order valence-electron chi connectivity index (χ2n) is 26.4. The molecule has 0 bridgehead atoms. The zero-order chi connectivity index (χ0) is 64.7. The Morgan fingerprint density at radius 2 is 0.697 bits per heavy atom. The molecule has 0 aromatic heterocycles. The van der Waals surface area contributed by atoms with Crippen LogP contribution in [0.4, 0.5) is 0 Å². The summed E-state index contributed by atoms with van der Waals surface area (Å²) in [4.78, 5) is 13.4. The van der Waals surface area contributed by atoms with Gasteiger partial charge in [0.1, 0.15) is 73.2 Å². The Labute approximate surface area is 537 Å². The molecule has 0 spiro atoms. The van der Waals surface area contributed by atoms with Crippen LogP contribution >= 0.6 is 0 Å². The molecule has 3 fully saturated rings. The van der Waals surface area contributed by atoms with Crippen LogP contribution in [0.15, 0.2) is 12.2 Å². The normalized spacial score (nSPS) is 28.2. The summed E-state index contributed by atoms with van der Waals surface area (Å²) in [6.45, 7) is 1.78. The lowest BCUT2D eigenvalue weighted by atomic mass is 9.96. The summed E-state index contributed by atoms with van der Waals surface area (Å²) in [5.41, 5.74) is 0. The molecule has 0 aromatic rings. The minimum absolute atomic E-state index is 0.250. The molecule has 17 unspecified atom stereocenters. The number of hydrogen-bond donors (Lipinski definition) is 12. The summed E-state index contributed by atoms with van der Waals surface area (Å²) < 4.78 is 34.4. The predicted molar refractivity (Wildman–Crippen MR) is 347 cm³/mol. The van der Waals surface area contributed by atoms with E-state index in [9.17, 15) is 61.0 Å². The van der Waals surface area contributed by atoms with E-state index in [2.05, 4.69) is 19.2 Å². The Morgan fingerprint density at radius 3 is 1.06 bits per heavy atom. The molecule has 19 nitrogen and oxygen atoms in total. The van der Waals surface area contributed by atoms with Gasteiger partial charge in [-0.1, -0.05) is 283 Å². The summed E-state index contributed by atoms with van der Waals surface area (Å²) in [5, 5.41) is 121. The smallest absolute Gasteiger partial charge is 0.220 e. The monoisotopic (exact) mass is 1280 g/mol. The molecule has 3 saturated heterocycles. The van der Waals surface area contributed by atoms with Gasteiger partial charge >= 0.3 is 0 Å². The van der Waals surface area contributed by atoms with Crippen molar-refractivity contribution in [1.82, 2.24) is 5.32 Å². The number of amides is 1. The Kier molecular flexibility index (Phi) is 48.5. The maximum absolute atomic E-state index is 13.4. The summed E-state index contributed by atoms with van der Waals surface area (Å²) in [7, 11) is 0. The molecule has 1 amide bonds. The standard InChI is InChI=1S/C70H133NO18/c1-3-5-7-9-11-13-15-17-19-21-22-23-24-25-26-27-28-29-30-32-33-35-37-39-41-43-45-47-54(75)53(71-58(76)48-46-44-42-40-38-36-34-31-20-18-16-14-12-10-8-6-4-2)52-84-68-64(82)61(79)66(56(50-73)86-68)89-70-65(83)62(80)67(57(51-74)87-70)88-69-63(81)60(78)59(77)55(49-72)85-69/h45,47,53-57,59-70,72-75,77-83H,3-44,46,48-52H2,1-2H3,(H,71,76)/b47-45+. The topological polar surface area (TPSA) is 307 Å². The highest BCUT2D eigenvalue weighted by atomic mass is 16.8. The van der Waals surface area contributed by atoms with Crippen molar-refractivity contribution in [3.8, 4) is 0 Å². The van der Waals surface area contributed by atoms with Crippen molar-refractivity contribution < 1.29 is 89.4 Å². The number of hydrogen-bond acceptors (Lipinski definition) is 18. The van der Waals surface area contributed by atoms with E-state index in [4.69, 9.17) is 28.4 Å². The number of ether oxygens (including phenoxy) is 6. The van der Waals surface area contributed by atoms with Gasteiger partial charge in [0.25, 0.3) is 0 Å². The Hall–Kier alpha value is -1.47. The molecule has 0 radical (unpaired) electrons. The average Bonchev–Trinajstić information content (AvgIpc) is 2.45. The van der Waals surface area contributed by atoms with Crippen molar-refractivity contribution in [2.45, 2.75) is 401 Å². The molecule has 3 aliphatic heterocycles. The highest BCUT2D eigenvalue weighted by molar-refractivity contribution is 5.76. The van der Waals surface area contributed by atoms with Gasteiger partial charge in [0.2, 0.25) is 5.91 Å². The molecule has 526 valence electrons.